The molecule has 0 saturated carbocycles. The number of amides is 2. The number of carbonyl (C=O) groups excluding carboxylic acids is 2. The van der Waals surface area contributed by atoms with Crippen LogP contribution in [0.3, 0.4) is 0 Å². The lowest BCUT2D eigenvalue weighted by Gasteiger charge is -2.30. The summed E-state index contributed by atoms with van der Waals surface area (Å²) in [5.74, 6) is 1.44. The first kappa shape index (κ1) is 30.3. The minimum atomic E-state index is -0.272. The van der Waals surface area contributed by atoms with E-state index in [1.54, 1.807) is 48.5 Å². The molecule has 0 spiro atoms. The average Bonchev–Trinajstić information content (AvgIpc) is 3.32. The number of nitrogens with one attached hydrogen (secondary N) is 1. The van der Waals surface area contributed by atoms with Crippen molar-refractivity contribution >= 4 is 40.7 Å². The molecule has 1 aromatic heterocycles. The van der Waals surface area contributed by atoms with E-state index < -0.39 is 0 Å². The number of hydrogen-bond donors (Lipinski definition) is 1. The van der Waals surface area contributed by atoms with Crippen molar-refractivity contribution in [1.29, 1.82) is 0 Å². The Morgan fingerprint density at radius 1 is 1.05 bits per heavy atom. The highest BCUT2D eigenvalue weighted by Gasteiger charge is 2.27. The zero-order valence-corrected chi connectivity index (χ0v) is 25.7. The summed E-state index contributed by atoms with van der Waals surface area (Å²) in [6.45, 7) is 7.42. The number of hydrogen-bond acceptors (Lipinski definition) is 4. The third kappa shape index (κ3) is 6.58. The van der Waals surface area contributed by atoms with Gasteiger partial charge < -0.3 is 24.3 Å². The van der Waals surface area contributed by atoms with Gasteiger partial charge in [-0.25, -0.2) is 0 Å². The van der Waals surface area contributed by atoms with Crippen LogP contribution in [0.15, 0.2) is 79.4 Å². The van der Waals surface area contributed by atoms with Crippen molar-refractivity contribution in [1.82, 2.24) is 9.47 Å². The Labute approximate surface area is 261 Å². The molecule has 0 atom stereocenters. The second-order valence-electron chi connectivity index (χ2n) is 10.3. The number of alkyl halides is 1. The second kappa shape index (κ2) is 13.4. The van der Waals surface area contributed by atoms with Crippen LogP contribution in [0.5, 0.6) is 11.5 Å². The highest BCUT2D eigenvalue weighted by Crippen LogP contribution is 2.34. The van der Waals surface area contributed by atoms with Crippen LogP contribution in [0.2, 0.25) is 5.02 Å². The Morgan fingerprint density at radius 3 is 2.65 bits per heavy atom. The highest BCUT2D eigenvalue weighted by molar-refractivity contribution is 6.31. The van der Waals surface area contributed by atoms with Crippen LogP contribution in [0.1, 0.15) is 37.5 Å². The molecular formula is C34H33Cl2N3O4. The van der Waals surface area contributed by atoms with E-state index in [1.165, 1.54) is 0 Å². The molecule has 5 rings (SSSR count). The van der Waals surface area contributed by atoms with E-state index in [2.05, 4.69) is 11.9 Å². The van der Waals surface area contributed by atoms with Gasteiger partial charge in [0.05, 0.1) is 11.4 Å². The van der Waals surface area contributed by atoms with Gasteiger partial charge in [0.2, 0.25) is 0 Å². The summed E-state index contributed by atoms with van der Waals surface area (Å²) in [7, 11) is 1.87. The first-order valence-corrected chi connectivity index (χ1v) is 14.9. The van der Waals surface area contributed by atoms with E-state index in [1.807, 2.05) is 47.7 Å². The predicted molar refractivity (Wildman–Crippen MR) is 172 cm³/mol. The maximum atomic E-state index is 14.0. The summed E-state index contributed by atoms with van der Waals surface area (Å²) < 4.78 is 13.3. The highest BCUT2D eigenvalue weighted by atomic mass is 35.5. The molecule has 0 saturated heterocycles. The monoisotopic (exact) mass is 617 g/mol. The van der Waals surface area contributed by atoms with Gasteiger partial charge in [-0.05, 0) is 61.4 Å². The lowest BCUT2D eigenvalue weighted by Crippen LogP contribution is -2.36. The quantitative estimate of drug-likeness (QED) is 0.150. The van der Waals surface area contributed by atoms with Gasteiger partial charge in [-0.3, -0.25) is 9.59 Å². The van der Waals surface area contributed by atoms with E-state index >= 15 is 0 Å². The minimum Gasteiger partial charge on any atom is -0.492 e. The molecule has 1 aliphatic heterocycles. The van der Waals surface area contributed by atoms with Crippen molar-refractivity contribution < 1.29 is 19.1 Å². The lowest BCUT2D eigenvalue weighted by atomic mass is 9.96. The molecule has 1 aliphatic rings. The number of halogens is 2. The number of anilines is 1. The Morgan fingerprint density at radius 2 is 1.86 bits per heavy atom. The van der Waals surface area contributed by atoms with Crippen molar-refractivity contribution in [2.75, 3.05) is 31.0 Å². The van der Waals surface area contributed by atoms with E-state index in [-0.39, 0.29) is 11.8 Å². The number of benzene rings is 3. The molecule has 4 aromatic rings. The maximum absolute atomic E-state index is 14.0. The third-order valence-corrected chi connectivity index (χ3v) is 7.96. The number of ether oxygens (including phenoxy) is 2. The summed E-state index contributed by atoms with van der Waals surface area (Å²) in [5, 5.41) is 3.45. The van der Waals surface area contributed by atoms with Crippen molar-refractivity contribution in [2.24, 2.45) is 7.05 Å². The molecule has 43 heavy (non-hydrogen) atoms. The van der Waals surface area contributed by atoms with E-state index in [0.717, 1.165) is 22.6 Å². The molecular weight excluding hydrogens is 585 g/mol. The molecule has 9 heteroatoms. The number of nitrogens with zero attached hydrogens (tertiary/aromatic N) is 2. The molecule has 7 nitrogen and oxygen atoms in total. The summed E-state index contributed by atoms with van der Waals surface area (Å²) in [6.07, 6.45) is 2.40. The molecule has 0 fully saturated rings. The Bertz CT molecular complexity index is 1680. The van der Waals surface area contributed by atoms with Gasteiger partial charge in [-0.1, -0.05) is 42.5 Å². The summed E-state index contributed by atoms with van der Waals surface area (Å²) in [6, 6.07) is 20.2. The normalized spacial score (nSPS) is 12.4. The van der Waals surface area contributed by atoms with Crippen LogP contribution in [0.4, 0.5) is 5.69 Å². The van der Waals surface area contributed by atoms with Crippen molar-refractivity contribution in [3.05, 3.63) is 112 Å². The van der Waals surface area contributed by atoms with E-state index in [9.17, 15) is 9.59 Å². The molecule has 2 heterocycles. The predicted octanol–water partition coefficient (Wildman–Crippen LogP) is 7.29. The Hall–Kier alpha value is -4.20. The van der Waals surface area contributed by atoms with Gasteiger partial charge in [-0.2, -0.15) is 0 Å². The summed E-state index contributed by atoms with van der Waals surface area (Å²) in [5.41, 5.74) is 5.91. The molecule has 0 unspecified atom stereocenters. The second-order valence-corrected chi connectivity index (χ2v) is 11.1. The van der Waals surface area contributed by atoms with Crippen molar-refractivity contribution in [3.63, 3.8) is 0 Å². The van der Waals surface area contributed by atoms with Crippen LogP contribution < -0.4 is 14.8 Å². The fourth-order valence-electron chi connectivity index (χ4n) is 5.32. The number of aromatic nitrogens is 1. The van der Waals surface area contributed by atoms with Crippen LogP contribution in [-0.2, 0) is 20.0 Å². The number of rotatable bonds is 10. The largest absolute Gasteiger partial charge is 0.492 e. The van der Waals surface area contributed by atoms with Gasteiger partial charge in [0.1, 0.15) is 24.7 Å². The van der Waals surface area contributed by atoms with Crippen LogP contribution in [0, 0.1) is 6.92 Å². The molecule has 0 bridgehead atoms. The van der Waals surface area contributed by atoms with Crippen LogP contribution in [-0.4, -0.2) is 46.9 Å². The fourth-order valence-corrected chi connectivity index (χ4v) is 5.57. The van der Waals surface area contributed by atoms with Gasteiger partial charge in [0.25, 0.3) is 11.8 Å². The Balaban J connectivity index is 1.42. The first-order valence-electron chi connectivity index (χ1n) is 14.0. The minimum absolute atomic E-state index is 0.103. The molecule has 1 N–H and O–H groups in total. The lowest BCUT2D eigenvalue weighted by molar-refractivity contribution is 0.0734. The van der Waals surface area contributed by atoms with E-state index in [4.69, 9.17) is 32.7 Å². The van der Waals surface area contributed by atoms with E-state index in [0.29, 0.717) is 77.4 Å². The summed E-state index contributed by atoms with van der Waals surface area (Å²) in [4.78, 5) is 29.2. The molecule has 0 radical (unpaired) electrons. The average molecular weight is 619 g/mol. The first-order chi connectivity index (χ1) is 20.8. The topological polar surface area (TPSA) is 72.8 Å². The maximum Gasteiger partial charge on any atom is 0.257 e. The van der Waals surface area contributed by atoms with Crippen LogP contribution >= 0.6 is 23.2 Å². The van der Waals surface area contributed by atoms with Gasteiger partial charge in [0, 0.05) is 65.0 Å². The fraction of sp³-hybridized carbons (Fsp3) is 0.235. The standard InChI is InChI=1S/C34H33Cl2N3O4/c1-4-16-43-32-10-5-7-23-21-39(15-13-27(23)32)34(41)28-12-11-24(36)18-30(28)31-20-29(22(2)38(31)3)33(40)37-25-8-6-9-26(19-25)42-17-14-35/h4-12,18-20H,1,13-17,21H2,2-3H3,(H,37,40). The van der Waals surface area contributed by atoms with Gasteiger partial charge in [0.15, 0.2) is 0 Å². The van der Waals surface area contributed by atoms with Gasteiger partial charge >= 0.3 is 0 Å². The SMILES string of the molecule is C=CCOc1cccc2c1CCN(C(=O)c1ccc(Cl)cc1-c1cc(C(=O)Nc3cccc(OCCCl)c3)c(C)n1C)C2. The zero-order valence-electron chi connectivity index (χ0n) is 24.2. The Kier molecular flexibility index (Phi) is 9.43. The molecule has 222 valence electrons. The van der Waals surface area contributed by atoms with Crippen molar-refractivity contribution in [2.45, 2.75) is 19.9 Å². The summed E-state index contributed by atoms with van der Waals surface area (Å²) >= 11 is 12.2. The number of fused-ring (bicyclic) bond motifs is 1. The molecule has 0 aliphatic carbocycles. The third-order valence-electron chi connectivity index (χ3n) is 7.57. The zero-order chi connectivity index (χ0) is 30.5. The molecule has 3 aromatic carbocycles. The van der Waals surface area contributed by atoms with Gasteiger partial charge in [-0.15, -0.1) is 11.6 Å². The number of carbonyl (C=O) groups is 2. The van der Waals surface area contributed by atoms with Crippen LogP contribution in [0.25, 0.3) is 11.3 Å². The van der Waals surface area contributed by atoms with Crippen molar-refractivity contribution in [3.8, 4) is 22.8 Å². The smallest absolute Gasteiger partial charge is 0.257 e. The molecule has 2 amide bonds.